The molecule has 21 heavy (non-hydrogen) atoms. The number of hydrogen-bond acceptors (Lipinski definition) is 8. The molecule has 3 aromatic rings. The summed E-state index contributed by atoms with van der Waals surface area (Å²) in [6.45, 7) is 0.611. The zero-order chi connectivity index (χ0) is 14.5. The van der Waals surface area contributed by atoms with Crippen LogP contribution in [0.4, 0.5) is 10.8 Å². The lowest BCUT2D eigenvalue weighted by Crippen LogP contribution is -1.99. The van der Waals surface area contributed by atoms with Gasteiger partial charge < -0.3 is 10.1 Å². The van der Waals surface area contributed by atoms with E-state index in [0.717, 1.165) is 16.6 Å². The fraction of sp³-hybridized carbons (Fsp3) is 0.250. The average molecular weight is 303 g/mol. The van der Waals surface area contributed by atoms with Gasteiger partial charge in [-0.15, -0.1) is 0 Å². The standard InChI is InChI=1S/C12H13N7OS/c1-20-6-3-10-17-12(21-18-10)16-9-7-15-19(8-9)11-13-4-2-5-14-11/h2,4-5,7-8H,3,6H2,1H3,(H,16,17,18). The molecular weight excluding hydrogens is 290 g/mol. The van der Waals surface area contributed by atoms with E-state index in [1.54, 1.807) is 42.6 Å². The Balaban J connectivity index is 1.68. The third-order valence-electron chi connectivity index (χ3n) is 2.59. The summed E-state index contributed by atoms with van der Waals surface area (Å²) >= 11 is 1.30. The highest BCUT2D eigenvalue weighted by molar-refractivity contribution is 7.09. The Labute approximate surface area is 125 Å². The molecule has 0 fully saturated rings. The van der Waals surface area contributed by atoms with Crippen LogP contribution in [-0.2, 0) is 11.2 Å². The van der Waals surface area contributed by atoms with Gasteiger partial charge in [0.25, 0.3) is 0 Å². The van der Waals surface area contributed by atoms with Gasteiger partial charge in [-0.25, -0.2) is 19.6 Å². The van der Waals surface area contributed by atoms with Crippen LogP contribution in [0.15, 0.2) is 30.9 Å². The highest BCUT2D eigenvalue weighted by Gasteiger charge is 2.07. The van der Waals surface area contributed by atoms with Gasteiger partial charge in [0.05, 0.1) is 24.7 Å². The second-order valence-electron chi connectivity index (χ2n) is 4.11. The Morgan fingerprint density at radius 3 is 3.00 bits per heavy atom. The Kier molecular flexibility index (Phi) is 4.12. The summed E-state index contributed by atoms with van der Waals surface area (Å²) in [5, 5.41) is 8.08. The van der Waals surface area contributed by atoms with Crippen molar-refractivity contribution in [1.82, 2.24) is 29.1 Å². The number of anilines is 2. The molecule has 0 aliphatic heterocycles. The van der Waals surface area contributed by atoms with Gasteiger partial charge in [0.1, 0.15) is 5.82 Å². The minimum atomic E-state index is 0.517. The maximum atomic E-state index is 5.00. The lowest BCUT2D eigenvalue weighted by atomic mass is 10.4. The van der Waals surface area contributed by atoms with E-state index >= 15 is 0 Å². The molecule has 3 heterocycles. The summed E-state index contributed by atoms with van der Waals surface area (Å²) in [6, 6.07) is 1.76. The van der Waals surface area contributed by atoms with Crippen molar-refractivity contribution in [1.29, 1.82) is 0 Å². The second-order valence-corrected chi connectivity index (χ2v) is 4.86. The summed E-state index contributed by atoms with van der Waals surface area (Å²) in [5.41, 5.74) is 0.803. The molecule has 3 rings (SSSR count). The number of nitrogens with zero attached hydrogens (tertiary/aromatic N) is 6. The van der Waals surface area contributed by atoms with Crippen molar-refractivity contribution in [3.8, 4) is 5.95 Å². The third-order valence-corrected chi connectivity index (χ3v) is 3.26. The zero-order valence-electron chi connectivity index (χ0n) is 11.3. The molecule has 9 heteroatoms. The Morgan fingerprint density at radius 2 is 2.19 bits per heavy atom. The number of hydrogen-bond donors (Lipinski definition) is 1. The van der Waals surface area contributed by atoms with Crippen molar-refractivity contribution in [3.63, 3.8) is 0 Å². The van der Waals surface area contributed by atoms with Gasteiger partial charge in [0, 0.05) is 37.5 Å². The predicted octanol–water partition coefficient (Wildman–Crippen LogP) is 1.45. The topological polar surface area (TPSA) is 90.6 Å². The van der Waals surface area contributed by atoms with Gasteiger partial charge in [-0.3, -0.25) is 0 Å². The first-order valence-electron chi connectivity index (χ1n) is 6.26. The summed E-state index contributed by atoms with van der Waals surface area (Å²) in [7, 11) is 1.66. The lowest BCUT2D eigenvalue weighted by Gasteiger charge is -1.97. The van der Waals surface area contributed by atoms with Crippen LogP contribution in [0.2, 0.25) is 0 Å². The summed E-state index contributed by atoms with van der Waals surface area (Å²) in [6.07, 6.45) is 7.53. The highest BCUT2D eigenvalue weighted by atomic mass is 32.1. The van der Waals surface area contributed by atoms with E-state index in [9.17, 15) is 0 Å². The molecule has 0 unspecified atom stereocenters. The normalized spacial score (nSPS) is 10.7. The van der Waals surface area contributed by atoms with Gasteiger partial charge >= 0.3 is 0 Å². The average Bonchev–Trinajstić information content (AvgIpc) is 3.16. The van der Waals surface area contributed by atoms with Crippen molar-refractivity contribution in [2.24, 2.45) is 0 Å². The lowest BCUT2D eigenvalue weighted by molar-refractivity contribution is 0.201. The first-order valence-corrected chi connectivity index (χ1v) is 7.03. The first kappa shape index (κ1) is 13.6. The van der Waals surface area contributed by atoms with Gasteiger partial charge in [-0.2, -0.15) is 9.47 Å². The number of ether oxygens (including phenoxy) is 1. The number of nitrogens with one attached hydrogen (secondary N) is 1. The summed E-state index contributed by atoms with van der Waals surface area (Å²) in [4.78, 5) is 12.6. The maximum absolute atomic E-state index is 5.00. The van der Waals surface area contributed by atoms with Crippen molar-refractivity contribution in [3.05, 3.63) is 36.7 Å². The van der Waals surface area contributed by atoms with E-state index in [0.29, 0.717) is 19.0 Å². The number of aromatic nitrogens is 6. The van der Waals surface area contributed by atoms with Gasteiger partial charge in [0.2, 0.25) is 11.1 Å². The monoisotopic (exact) mass is 303 g/mol. The molecule has 0 bridgehead atoms. The van der Waals surface area contributed by atoms with Crippen molar-refractivity contribution < 1.29 is 4.74 Å². The molecule has 0 radical (unpaired) electrons. The molecule has 108 valence electrons. The van der Waals surface area contributed by atoms with Gasteiger partial charge in [0.15, 0.2) is 0 Å². The summed E-state index contributed by atoms with van der Waals surface area (Å²) in [5.74, 6) is 1.28. The largest absolute Gasteiger partial charge is 0.384 e. The molecule has 0 amide bonds. The van der Waals surface area contributed by atoms with E-state index in [1.165, 1.54) is 11.5 Å². The van der Waals surface area contributed by atoms with Crippen LogP contribution in [-0.4, -0.2) is 42.8 Å². The molecule has 0 saturated heterocycles. The van der Waals surface area contributed by atoms with Crippen LogP contribution in [0.3, 0.4) is 0 Å². The highest BCUT2D eigenvalue weighted by Crippen LogP contribution is 2.18. The molecule has 0 aromatic carbocycles. The number of methoxy groups -OCH3 is 1. The molecule has 0 aliphatic rings. The van der Waals surface area contributed by atoms with Crippen LogP contribution in [0, 0.1) is 0 Å². The van der Waals surface area contributed by atoms with Crippen LogP contribution in [0.1, 0.15) is 5.82 Å². The van der Waals surface area contributed by atoms with E-state index in [4.69, 9.17) is 4.74 Å². The Hall–Kier alpha value is -2.39. The SMILES string of the molecule is COCCc1nsc(Nc2cnn(-c3ncccn3)c2)n1. The smallest absolute Gasteiger partial charge is 0.250 e. The van der Waals surface area contributed by atoms with Crippen molar-refractivity contribution in [2.75, 3.05) is 19.0 Å². The minimum absolute atomic E-state index is 0.517. The van der Waals surface area contributed by atoms with Crippen LogP contribution < -0.4 is 5.32 Å². The molecule has 0 atom stereocenters. The second kappa shape index (κ2) is 6.37. The van der Waals surface area contributed by atoms with E-state index in [2.05, 4.69) is 29.7 Å². The Morgan fingerprint density at radius 1 is 1.33 bits per heavy atom. The quantitative estimate of drug-likeness (QED) is 0.737. The van der Waals surface area contributed by atoms with Crippen LogP contribution in [0.25, 0.3) is 5.95 Å². The fourth-order valence-electron chi connectivity index (χ4n) is 1.63. The van der Waals surface area contributed by atoms with E-state index in [-0.39, 0.29) is 0 Å². The first-order chi connectivity index (χ1) is 10.3. The van der Waals surface area contributed by atoms with Gasteiger partial charge in [-0.1, -0.05) is 0 Å². The predicted molar refractivity (Wildman–Crippen MR) is 77.9 cm³/mol. The number of rotatable bonds is 6. The molecule has 8 nitrogen and oxygen atoms in total. The van der Waals surface area contributed by atoms with E-state index in [1.807, 2.05) is 0 Å². The van der Waals surface area contributed by atoms with Crippen molar-refractivity contribution >= 4 is 22.4 Å². The molecule has 0 saturated carbocycles. The third kappa shape index (κ3) is 3.38. The molecule has 3 aromatic heterocycles. The van der Waals surface area contributed by atoms with E-state index < -0.39 is 0 Å². The van der Waals surface area contributed by atoms with Crippen LogP contribution in [0.5, 0.6) is 0 Å². The Bertz CT molecular complexity index is 696. The molecule has 0 spiro atoms. The summed E-state index contributed by atoms with van der Waals surface area (Å²) < 4.78 is 10.8. The minimum Gasteiger partial charge on any atom is -0.384 e. The molecular formula is C12H13N7OS. The zero-order valence-corrected chi connectivity index (χ0v) is 12.1. The maximum Gasteiger partial charge on any atom is 0.250 e. The van der Waals surface area contributed by atoms with Gasteiger partial charge in [-0.05, 0) is 6.07 Å². The molecule has 1 N–H and O–H groups in total. The fourth-order valence-corrected chi connectivity index (χ4v) is 2.26. The molecule has 0 aliphatic carbocycles. The van der Waals surface area contributed by atoms with Crippen LogP contribution >= 0.6 is 11.5 Å². The van der Waals surface area contributed by atoms with Crippen molar-refractivity contribution in [2.45, 2.75) is 6.42 Å².